The van der Waals surface area contributed by atoms with E-state index >= 15 is 0 Å². The molecule has 2 aromatic rings. The van der Waals surface area contributed by atoms with Crippen LogP contribution in [0.15, 0.2) is 20.3 Å². The smallest absolute Gasteiger partial charge is 0.330 e. The number of hydrogen-bond donors (Lipinski definition) is 0. The lowest BCUT2D eigenvalue weighted by molar-refractivity contribution is -0.0838. The zero-order chi connectivity index (χ0) is 16.7. The Morgan fingerprint density at radius 2 is 1.96 bits per heavy atom. The van der Waals surface area contributed by atoms with E-state index in [-0.39, 0.29) is 23.6 Å². The first-order chi connectivity index (χ1) is 10.9. The van der Waals surface area contributed by atoms with Gasteiger partial charge in [-0.2, -0.15) is 4.98 Å². The number of nitrogens with zero attached hydrogens (tertiary/aromatic N) is 5. The van der Waals surface area contributed by atoms with Crippen molar-refractivity contribution in [2.75, 3.05) is 20.1 Å². The Labute approximate surface area is 132 Å². The molecule has 0 radical (unpaired) electrons. The van der Waals surface area contributed by atoms with Gasteiger partial charge in [0.2, 0.25) is 5.82 Å². The molecule has 0 unspecified atom stereocenters. The molecule has 3 heterocycles. The number of rotatable bonds is 2. The first-order valence-corrected chi connectivity index (χ1v) is 7.31. The van der Waals surface area contributed by atoms with Gasteiger partial charge in [-0.3, -0.25) is 9.36 Å². The minimum absolute atomic E-state index is 0.0551. The Morgan fingerprint density at radius 3 is 2.65 bits per heavy atom. The highest BCUT2D eigenvalue weighted by Gasteiger charge is 2.29. The molecule has 0 spiro atoms. The summed E-state index contributed by atoms with van der Waals surface area (Å²) in [4.78, 5) is 30.4. The number of aryl methyl sites for hydroxylation is 1. The molecule has 2 aromatic heterocycles. The highest BCUT2D eigenvalue weighted by molar-refractivity contribution is 5.51. The third-order valence-corrected chi connectivity index (χ3v) is 3.85. The Hall–Kier alpha value is -2.26. The second kappa shape index (κ2) is 5.74. The van der Waals surface area contributed by atoms with Crippen molar-refractivity contribution in [3.8, 4) is 11.4 Å². The van der Waals surface area contributed by atoms with Crippen LogP contribution in [-0.4, -0.2) is 50.4 Å². The summed E-state index contributed by atoms with van der Waals surface area (Å²) in [6.45, 7) is 3.44. The summed E-state index contributed by atoms with van der Waals surface area (Å²) < 4.78 is 13.4. The topological polar surface area (TPSA) is 95.4 Å². The van der Waals surface area contributed by atoms with Crippen molar-refractivity contribution in [1.29, 1.82) is 0 Å². The summed E-state index contributed by atoms with van der Waals surface area (Å²) in [7, 11) is 4.97. The molecule has 0 saturated carbocycles. The van der Waals surface area contributed by atoms with Crippen LogP contribution >= 0.6 is 0 Å². The second-order valence-electron chi connectivity index (χ2n) is 5.91. The molecule has 0 N–H and O–H groups in total. The van der Waals surface area contributed by atoms with E-state index in [4.69, 9.17) is 9.26 Å². The van der Waals surface area contributed by atoms with Gasteiger partial charge < -0.3 is 18.7 Å². The zero-order valence-corrected chi connectivity index (χ0v) is 13.5. The van der Waals surface area contributed by atoms with Crippen LogP contribution in [0.4, 0.5) is 0 Å². The molecular formula is C14H19N5O4. The fourth-order valence-corrected chi connectivity index (χ4v) is 2.74. The predicted octanol–water partition coefficient (Wildman–Crippen LogP) is -0.474. The van der Waals surface area contributed by atoms with Crippen LogP contribution < -0.4 is 11.2 Å². The maximum absolute atomic E-state index is 12.2. The van der Waals surface area contributed by atoms with E-state index in [1.807, 2.05) is 14.0 Å². The molecule has 124 valence electrons. The highest BCUT2D eigenvalue weighted by atomic mass is 16.5. The third-order valence-electron chi connectivity index (χ3n) is 3.85. The largest absolute Gasteiger partial charge is 0.363 e. The van der Waals surface area contributed by atoms with Crippen molar-refractivity contribution in [1.82, 2.24) is 24.2 Å². The van der Waals surface area contributed by atoms with Gasteiger partial charge in [-0.1, -0.05) is 5.16 Å². The van der Waals surface area contributed by atoms with E-state index in [0.29, 0.717) is 12.4 Å². The lowest BCUT2D eigenvalue weighted by atomic mass is 10.2. The van der Waals surface area contributed by atoms with Crippen molar-refractivity contribution in [3.63, 3.8) is 0 Å². The van der Waals surface area contributed by atoms with Crippen molar-refractivity contribution in [2.24, 2.45) is 14.1 Å². The van der Waals surface area contributed by atoms with E-state index in [9.17, 15) is 9.59 Å². The van der Waals surface area contributed by atoms with Crippen molar-refractivity contribution in [3.05, 3.63) is 32.9 Å². The first kappa shape index (κ1) is 15.6. The highest BCUT2D eigenvalue weighted by Crippen LogP contribution is 2.24. The van der Waals surface area contributed by atoms with Crippen LogP contribution in [0.2, 0.25) is 0 Å². The maximum Gasteiger partial charge on any atom is 0.330 e. The van der Waals surface area contributed by atoms with Crippen LogP contribution in [0, 0.1) is 0 Å². The van der Waals surface area contributed by atoms with Crippen LogP contribution in [0.1, 0.15) is 18.9 Å². The molecule has 0 bridgehead atoms. The summed E-state index contributed by atoms with van der Waals surface area (Å²) in [5, 5.41) is 3.87. The molecule has 3 rings (SSSR count). The fraction of sp³-hybridized carbons (Fsp3) is 0.571. The van der Waals surface area contributed by atoms with Crippen LogP contribution in [0.25, 0.3) is 11.4 Å². The minimum Gasteiger partial charge on any atom is -0.363 e. The standard InChI is InChI=1S/C14H19N5O4/c1-8-5-17(2)7-10(22-8)12-15-11(16-23-12)9-6-18(3)14(21)19(4)13(9)20/h6,8,10H,5,7H2,1-4H3/t8-,10-/m1/s1. The molecule has 1 saturated heterocycles. The molecule has 0 amide bonds. The first-order valence-electron chi connectivity index (χ1n) is 7.31. The summed E-state index contributed by atoms with van der Waals surface area (Å²) in [5.74, 6) is 0.481. The Bertz CT molecular complexity index is 826. The molecule has 1 aliphatic heterocycles. The molecule has 0 aliphatic carbocycles. The third kappa shape index (κ3) is 2.84. The van der Waals surface area contributed by atoms with Crippen LogP contribution in [0.5, 0.6) is 0 Å². The van der Waals surface area contributed by atoms with Gasteiger partial charge in [0.25, 0.3) is 11.4 Å². The molecular weight excluding hydrogens is 302 g/mol. The number of likely N-dealkylation sites (N-methyl/N-ethyl adjacent to an activating group) is 1. The normalized spacial score (nSPS) is 22.4. The Balaban J connectivity index is 1.97. The van der Waals surface area contributed by atoms with E-state index < -0.39 is 11.2 Å². The lowest BCUT2D eigenvalue weighted by Crippen LogP contribution is -2.40. The molecule has 2 atom stereocenters. The summed E-state index contributed by atoms with van der Waals surface area (Å²) in [6, 6.07) is 0. The fourth-order valence-electron chi connectivity index (χ4n) is 2.74. The van der Waals surface area contributed by atoms with Gasteiger partial charge in [0, 0.05) is 33.4 Å². The minimum atomic E-state index is -0.463. The van der Waals surface area contributed by atoms with Crippen molar-refractivity contribution in [2.45, 2.75) is 19.1 Å². The van der Waals surface area contributed by atoms with Crippen LogP contribution in [0.3, 0.4) is 0 Å². The van der Waals surface area contributed by atoms with E-state index in [1.54, 1.807) is 7.05 Å². The van der Waals surface area contributed by atoms with Gasteiger partial charge in [-0.15, -0.1) is 0 Å². The van der Waals surface area contributed by atoms with Gasteiger partial charge in [-0.25, -0.2) is 4.79 Å². The monoisotopic (exact) mass is 321 g/mol. The molecule has 1 fully saturated rings. The van der Waals surface area contributed by atoms with Crippen molar-refractivity contribution < 1.29 is 9.26 Å². The number of aromatic nitrogens is 4. The van der Waals surface area contributed by atoms with E-state index in [2.05, 4.69) is 15.0 Å². The average molecular weight is 321 g/mol. The van der Waals surface area contributed by atoms with Gasteiger partial charge >= 0.3 is 5.69 Å². The quantitative estimate of drug-likeness (QED) is 0.737. The second-order valence-corrected chi connectivity index (χ2v) is 5.91. The van der Waals surface area contributed by atoms with Gasteiger partial charge in [-0.05, 0) is 14.0 Å². The molecule has 9 heteroatoms. The SMILES string of the molecule is C[C@@H]1CN(C)C[C@H](c2nc(-c3cn(C)c(=O)n(C)c3=O)no2)O1. The van der Waals surface area contributed by atoms with Crippen LogP contribution in [-0.2, 0) is 18.8 Å². The van der Waals surface area contributed by atoms with Gasteiger partial charge in [0.1, 0.15) is 11.7 Å². The van der Waals surface area contributed by atoms with E-state index in [1.165, 1.54) is 17.8 Å². The Morgan fingerprint density at radius 1 is 1.22 bits per heavy atom. The molecule has 9 nitrogen and oxygen atoms in total. The van der Waals surface area contributed by atoms with Gasteiger partial charge in [0.05, 0.1) is 6.10 Å². The average Bonchev–Trinajstić information content (AvgIpc) is 2.97. The number of ether oxygens (including phenoxy) is 1. The summed E-state index contributed by atoms with van der Waals surface area (Å²) in [5.41, 5.74) is -0.661. The zero-order valence-electron chi connectivity index (χ0n) is 13.5. The molecule has 1 aliphatic rings. The molecule has 0 aromatic carbocycles. The van der Waals surface area contributed by atoms with Crippen molar-refractivity contribution >= 4 is 0 Å². The maximum atomic E-state index is 12.2. The predicted molar refractivity (Wildman–Crippen MR) is 81.0 cm³/mol. The number of morpholine rings is 1. The molecule has 23 heavy (non-hydrogen) atoms. The summed E-state index contributed by atoms with van der Waals surface area (Å²) >= 11 is 0. The lowest BCUT2D eigenvalue weighted by Gasteiger charge is -2.32. The number of hydrogen-bond acceptors (Lipinski definition) is 7. The van der Waals surface area contributed by atoms with E-state index in [0.717, 1.165) is 11.1 Å². The summed E-state index contributed by atoms with van der Waals surface area (Å²) in [6.07, 6.45) is 1.14. The van der Waals surface area contributed by atoms with Gasteiger partial charge in [0.15, 0.2) is 0 Å². The Kier molecular flexibility index (Phi) is 3.90.